The first-order valence-electron chi connectivity index (χ1n) is 11.1. The van der Waals surface area contributed by atoms with Gasteiger partial charge in [-0.1, -0.05) is 12.8 Å². The Kier molecular flexibility index (Phi) is 5.52. The summed E-state index contributed by atoms with van der Waals surface area (Å²) in [5.74, 6) is 1.41. The number of hydrogen-bond donors (Lipinski definition) is 1. The van der Waals surface area contributed by atoms with Crippen molar-refractivity contribution in [2.75, 3.05) is 11.9 Å². The van der Waals surface area contributed by atoms with E-state index in [0.29, 0.717) is 25.1 Å². The predicted octanol–water partition coefficient (Wildman–Crippen LogP) is 5.41. The van der Waals surface area contributed by atoms with Gasteiger partial charge in [-0.25, -0.2) is 4.39 Å². The molecule has 164 valence electrons. The number of benzene rings is 2. The van der Waals surface area contributed by atoms with Crippen molar-refractivity contribution in [3.63, 3.8) is 0 Å². The van der Waals surface area contributed by atoms with E-state index in [9.17, 15) is 14.0 Å². The summed E-state index contributed by atoms with van der Waals surface area (Å²) >= 11 is 0. The second-order valence-corrected chi connectivity index (χ2v) is 8.59. The molecule has 1 saturated carbocycles. The number of halogens is 1. The summed E-state index contributed by atoms with van der Waals surface area (Å²) in [6.45, 7) is 1.02. The number of fused-ring (bicyclic) bond motifs is 1. The molecule has 0 bridgehead atoms. The molecule has 2 heterocycles. The normalized spacial score (nSPS) is 16.1. The molecule has 5 nitrogen and oxygen atoms in total. The molecule has 1 aliphatic carbocycles. The summed E-state index contributed by atoms with van der Waals surface area (Å²) in [4.78, 5) is 26.8. The topological polar surface area (TPSA) is 62.6 Å². The number of carbonyl (C=O) groups excluding carboxylic acids is 2. The predicted molar refractivity (Wildman–Crippen MR) is 120 cm³/mol. The maximum atomic E-state index is 13.2. The monoisotopic (exact) mass is 432 g/mol. The Hall–Kier alpha value is -3.41. The van der Waals surface area contributed by atoms with Crippen molar-refractivity contribution < 1.29 is 18.4 Å². The van der Waals surface area contributed by atoms with Crippen LogP contribution in [0.3, 0.4) is 0 Å². The van der Waals surface area contributed by atoms with Crippen molar-refractivity contribution in [2.24, 2.45) is 5.92 Å². The number of nitrogens with zero attached hydrogens (tertiary/aromatic N) is 1. The number of rotatable bonds is 4. The van der Waals surface area contributed by atoms with Gasteiger partial charge in [-0.05, 0) is 67.4 Å². The molecule has 6 heteroatoms. The third-order valence-electron chi connectivity index (χ3n) is 6.41. The van der Waals surface area contributed by atoms with Crippen LogP contribution >= 0.6 is 0 Å². The van der Waals surface area contributed by atoms with Crippen LogP contribution in [0.25, 0.3) is 11.3 Å². The number of furan rings is 1. The summed E-state index contributed by atoms with van der Waals surface area (Å²) in [7, 11) is 0. The molecule has 0 radical (unpaired) electrons. The Balaban J connectivity index is 1.26. The van der Waals surface area contributed by atoms with E-state index in [0.717, 1.165) is 54.0 Å². The minimum atomic E-state index is -0.355. The molecule has 1 N–H and O–H groups in total. The van der Waals surface area contributed by atoms with Gasteiger partial charge in [0.2, 0.25) is 5.91 Å². The van der Waals surface area contributed by atoms with Gasteiger partial charge in [0.05, 0.1) is 0 Å². The first kappa shape index (κ1) is 20.5. The Morgan fingerprint density at radius 1 is 1.00 bits per heavy atom. The SMILES string of the molecule is O=C(Nc1ccc(-c2cc3c(o2)CCN(C(=O)c2ccc(F)cc2)C3)cc1)C1CCCC1. The van der Waals surface area contributed by atoms with Gasteiger partial charge in [-0.15, -0.1) is 0 Å². The van der Waals surface area contributed by atoms with Crippen molar-refractivity contribution in [1.82, 2.24) is 4.90 Å². The summed E-state index contributed by atoms with van der Waals surface area (Å²) in [5.41, 5.74) is 3.18. The number of anilines is 1. The fourth-order valence-electron chi connectivity index (χ4n) is 4.57. The van der Waals surface area contributed by atoms with E-state index in [1.807, 2.05) is 30.3 Å². The van der Waals surface area contributed by atoms with Gasteiger partial charge in [0.1, 0.15) is 17.3 Å². The van der Waals surface area contributed by atoms with Crippen molar-refractivity contribution in [3.05, 3.63) is 77.3 Å². The average Bonchev–Trinajstić information content (AvgIpc) is 3.49. The molecule has 0 unspecified atom stereocenters. The van der Waals surface area contributed by atoms with Crippen molar-refractivity contribution in [2.45, 2.75) is 38.6 Å². The van der Waals surface area contributed by atoms with Crippen molar-refractivity contribution in [1.29, 1.82) is 0 Å². The summed E-state index contributed by atoms with van der Waals surface area (Å²) in [5, 5.41) is 3.01. The van der Waals surface area contributed by atoms with Crippen LogP contribution in [0.4, 0.5) is 10.1 Å². The standard InChI is InChI=1S/C26H25FN2O3/c27-21-9-5-19(6-10-21)26(31)29-14-13-23-20(16-29)15-24(32-23)17-7-11-22(12-8-17)28-25(30)18-3-1-2-4-18/h5-12,15,18H,1-4,13-14,16H2,(H,28,30). The van der Waals surface area contributed by atoms with Crippen LogP contribution in [0.1, 0.15) is 47.4 Å². The van der Waals surface area contributed by atoms with E-state index in [1.54, 1.807) is 4.90 Å². The molecule has 32 heavy (non-hydrogen) atoms. The fraction of sp³-hybridized carbons (Fsp3) is 0.308. The van der Waals surface area contributed by atoms with Gasteiger partial charge >= 0.3 is 0 Å². The van der Waals surface area contributed by atoms with Crippen LogP contribution in [0.15, 0.2) is 59.0 Å². The zero-order valence-electron chi connectivity index (χ0n) is 17.8. The second kappa shape index (κ2) is 8.61. The van der Waals surface area contributed by atoms with Gasteiger partial charge in [0.25, 0.3) is 5.91 Å². The lowest BCUT2D eigenvalue weighted by Gasteiger charge is -2.26. The second-order valence-electron chi connectivity index (χ2n) is 8.59. The van der Waals surface area contributed by atoms with Gasteiger partial charge in [-0.3, -0.25) is 9.59 Å². The van der Waals surface area contributed by atoms with Crippen LogP contribution < -0.4 is 5.32 Å². The van der Waals surface area contributed by atoms with Gasteiger partial charge in [-0.2, -0.15) is 0 Å². The van der Waals surface area contributed by atoms with E-state index < -0.39 is 0 Å². The molecule has 3 aromatic rings. The first-order chi connectivity index (χ1) is 15.6. The fourth-order valence-corrected chi connectivity index (χ4v) is 4.57. The maximum absolute atomic E-state index is 13.2. The van der Waals surface area contributed by atoms with Crippen molar-refractivity contribution in [3.8, 4) is 11.3 Å². The molecule has 2 aliphatic rings. The number of hydrogen-bond acceptors (Lipinski definition) is 3. The molecule has 1 aliphatic heterocycles. The highest BCUT2D eigenvalue weighted by molar-refractivity contribution is 5.94. The van der Waals surface area contributed by atoms with Gasteiger partial charge in [0, 0.05) is 47.8 Å². The van der Waals surface area contributed by atoms with Crippen LogP contribution in [-0.4, -0.2) is 23.3 Å². The average molecular weight is 432 g/mol. The smallest absolute Gasteiger partial charge is 0.254 e. The zero-order chi connectivity index (χ0) is 22.1. The quantitative estimate of drug-likeness (QED) is 0.599. The molecule has 1 fully saturated rings. The highest BCUT2D eigenvalue weighted by Gasteiger charge is 2.26. The Labute approximate surface area is 186 Å². The maximum Gasteiger partial charge on any atom is 0.254 e. The van der Waals surface area contributed by atoms with Crippen molar-refractivity contribution >= 4 is 17.5 Å². The largest absolute Gasteiger partial charge is 0.461 e. The molecule has 1 aromatic heterocycles. The van der Waals surface area contributed by atoms with E-state index in [1.165, 1.54) is 24.3 Å². The Morgan fingerprint density at radius 3 is 2.44 bits per heavy atom. The molecule has 2 amide bonds. The van der Waals surface area contributed by atoms with E-state index in [-0.39, 0.29) is 23.5 Å². The third kappa shape index (κ3) is 4.17. The lowest BCUT2D eigenvalue weighted by atomic mass is 10.1. The Bertz CT molecular complexity index is 1130. The summed E-state index contributed by atoms with van der Waals surface area (Å²) in [6.07, 6.45) is 4.85. The van der Waals surface area contributed by atoms with Crippen LogP contribution in [-0.2, 0) is 17.8 Å². The van der Waals surface area contributed by atoms with Crippen LogP contribution in [0, 0.1) is 11.7 Å². The minimum Gasteiger partial charge on any atom is -0.461 e. The molecule has 0 atom stereocenters. The van der Waals surface area contributed by atoms with Gasteiger partial charge in [0.15, 0.2) is 0 Å². The summed E-state index contributed by atoms with van der Waals surface area (Å²) in [6, 6.07) is 15.3. The highest BCUT2D eigenvalue weighted by atomic mass is 19.1. The zero-order valence-corrected chi connectivity index (χ0v) is 17.8. The Morgan fingerprint density at radius 2 is 1.72 bits per heavy atom. The minimum absolute atomic E-state index is 0.106. The lowest BCUT2D eigenvalue weighted by Crippen LogP contribution is -2.35. The van der Waals surface area contributed by atoms with Gasteiger partial charge < -0.3 is 14.6 Å². The molecule has 5 rings (SSSR count). The van der Waals surface area contributed by atoms with E-state index in [2.05, 4.69) is 5.32 Å². The number of carbonyl (C=O) groups is 2. The molecular formula is C26H25FN2O3. The number of nitrogens with one attached hydrogen (secondary N) is 1. The highest BCUT2D eigenvalue weighted by Crippen LogP contribution is 2.31. The van der Waals surface area contributed by atoms with E-state index in [4.69, 9.17) is 4.42 Å². The summed E-state index contributed by atoms with van der Waals surface area (Å²) < 4.78 is 19.2. The lowest BCUT2D eigenvalue weighted by molar-refractivity contribution is -0.119. The van der Waals surface area contributed by atoms with Crippen LogP contribution in [0.5, 0.6) is 0 Å². The number of amides is 2. The first-order valence-corrected chi connectivity index (χ1v) is 11.1. The van der Waals surface area contributed by atoms with E-state index >= 15 is 0 Å². The molecule has 2 aromatic carbocycles. The van der Waals surface area contributed by atoms with Crippen LogP contribution in [0.2, 0.25) is 0 Å². The molecule has 0 saturated heterocycles. The third-order valence-corrected chi connectivity index (χ3v) is 6.41. The molecular weight excluding hydrogens is 407 g/mol. The molecule has 0 spiro atoms.